The molecular weight excluding hydrogens is 295 g/mol. The highest BCUT2D eigenvalue weighted by molar-refractivity contribution is 8.00. The van der Waals surface area contributed by atoms with Crippen LogP contribution in [0.2, 0.25) is 0 Å². The Bertz CT molecular complexity index is 455. The smallest absolute Gasteiger partial charge is 0.446 e. The molecule has 1 atom stereocenters. The lowest BCUT2D eigenvalue weighted by molar-refractivity contribution is -0.0328. The molecule has 0 aromatic heterocycles. The van der Waals surface area contributed by atoms with Crippen LogP contribution < -0.4 is 0 Å². The molecule has 0 aliphatic carbocycles. The van der Waals surface area contributed by atoms with Gasteiger partial charge in [-0.2, -0.15) is 13.2 Å². The van der Waals surface area contributed by atoms with Gasteiger partial charge in [-0.15, -0.1) is 0 Å². The zero-order valence-electron chi connectivity index (χ0n) is 10.7. The van der Waals surface area contributed by atoms with Crippen molar-refractivity contribution in [1.82, 2.24) is 0 Å². The predicted octanol–water partition coefficient (Wildman–Crippen LogP) is 4.18. The molecule has 0 spiro atoms. The van der Waals surface area contributed by atoms with Crippen LogP contribution in [0.15, 0.2) is 33.6 Å². The van der Waals surface area contributed by atoms with Gasteiger partial charge in [0.2, 0.25) is 0 Å². The molecule has 1 aromatic rings. The van der Waals surface area contributed by atoms with Gasteiger partial charge >= 0.3 is 5.51 Å². The molecule has 0 amide bonds. The van der Waals surface area contributed by atoms with Crippen molar-refractivity contribution in [3.05, 3.63) is 29.8 Å². The van der Waals surface area contributed by atoms with Crippen LogP contribution in [-0.2, 0) is 11.4 Å². The molecule has 0 aliphatic heterocycles. The Labute approximate surface area is 117 Å². The number of hydrogen-bond donors (Lipinski definition) is 0. The number of benzene rings is 1. The summed E-state index contributed by atoms with van der Waals surface area (Å²) in [5, 5.41) is 0. The van der Waals surface area contributed by atoms with Crippen molar-refractivity contribution in [1.29, 1.82) is 0 Å². The number of hydrogen-bond acceptors (Lipinski definition) is 3. The van der Waals surface area contributed by atoms with Gasteiger partial charge < -0.3 is 4.55 Å². The van der Waals surface area contributed by atoms with Crippen LogP contribution in [0.25, 0.3) is 0 Å². The number of alkyl halides is 3. The van der Waals surface area contributed by atoms with Gasteiger partial charge in [-0.3, -0.25) is 0 Å². The average Bonchev–Trinajstić information content (AvgIpc) is 2.22. The molecule has 0 heterocycles. The maximum Gasteiger partial charge on any atom is 0.446 e. The highest BCUT2D eigenvalue weighted by Gasteiger charge is 2.29. The van der Waals surface area contributed by atoms with E-state index in [1.807, 2.05) is 0 Å². The van der Waals surface area contributed by atoms with Crippen LogP contribution in [0.4, 0.5) is 13.2 Å². The highest BCUT2D eigenvalue weighted by Crippen LogP contribution is 2.36. The van der Waals surface area contributed by atoms with Crippen molar-refractivity contribution in [3.8, 4) is 0 Å². The van der Waals surface area contributed by atoms with Crippen LogP contribution in [0.5, 0.6) is 0 Å². The number of rotatable bonds is 3. The summed E-state index contributed by atoms with van der Waals surface area (Å²) in [6.07, 6.45) is 1.34. The molecule has 1 rings (SSSR count). The molecule has 0 fully saturated rings. The second kappa shape index (κ2) is 6.19. The van der Waals surface area contributed by atoms with E-state index in [9.17, 15) is 17.7 Å². The van der Waals surface area contributed by atoms with E-state index in [0.717, 1.165) is 0 Å². The van der Waals surface area contributed by atoms with E-state index in [-0.39, 0.29) is 16.7 Å². The zero-order valence-corrected chi connectivity index (χ0v) is 12.3. The Morgan fingerprint density at radius 1 is 1.26 bits per heavy atom. The van der Waals surface area contributed by atoms with Crippen molar-refractivity contribution < 1.29 is 17.7 Å². The Hall–Kier alpha value is -0.660. The van der Waals surface area contributed by atoms with Gasteiger partial charge in [0.25, 0.3) is 0 Å². The molecule has 106 valence electrons. The second-order valence-electron chi connectivity index (χ2n) is 4.72. The average molecular weight is 309 g/mol. The fraction of sp³-hybridized carbons (Fsp3) is 0.417. The third-order valence-corrected chi connectivity index (χ3v) is 3.98. The minimum Gasteiger partial charge on any atom is -0.591 e. The van der Waals surface area contributed by atoms with E-state index in [1.165, 1.54) is 24.4 Å². The first-order valence-electron chi connectivity index (χ1n) is 5.40. The highest BCUT2D eigenvalue weighted by atomic mass is 32.2. The van der Waals surface area contributed by atoms with Crippen LogP contribution >= 0.6 is 11.8 Å². The molecule has 0 saturated carbocycles. The summed E-state index contributed by atoms with van der Waals surface area (Å²) in [6.45, 7) is 5.32. The van der Waals surface area contributed by atoms with Crippen LogP contribution in [0.3, 0.4) is 0 Å². The van der Waals surface area contributed by atoms with E-state index < -0.39 is 21.6 Å². The Balaban J connectivity index is 2.80. The zero-order chi connectivity index (χ0) is 14.7. The van der Waals surface area contributed by atoms with Gasteiger partial charge in [0.05, 0.1) is 6.21 Å². The van der Waals surface area contributed by atoms with Gasteiger partial charge in [0.1, 0.15) is 16.1 Å². The first kappa shape index (κ1) is 16.4. The lowest BCUT2D eigenvalue weighted by Gasteiger charge is -2.17. The number of halogens is 3. The molecule has 0 aliphatic rings. The summed E-state index contributed by atoms with van der Waals surface area (Å²) >= 11 is -1.61. The van der Waals surface area contributed by atoms with Gasteiger partial charge in [0, 0.05) is 4.90 Å². The van der Waals surface area contributed by atoms with Gasteiger partial charge in [0.15, 0.2) is 0 Å². The summed E-state index contributed by atoms with van der Waals surface area (Å²) < 4.78 is 51.7. The lowest BCUT2D eigenvalue weighted by Crippen LogP contribution is -2.25. The van der Waals surface area contributed by atoms with Crippen LogP contribution in [-0.4, -0.2) is 21.0 Å². The summed E-state index contributed by atoms with van der Waals surface area (Å²) in [6, 6.07) is 5.86. The molecule has 1 aromatic carbocycles. The maximum absolute atomic E-state index is 12.2. The number of nitrogens with zero attached hydrogens (tertiary/aromatic N) is 1. The summed E-state index contributed by atoms with van der Waals surface area (Å²) in [4.78, 5) is 0.0815. The second-order valence-corrected chi connectivity index (χ2v) is 7.79. The summed E-state index contributed by atoms with van der Waals surface area (Å²) in [5.74, 6) is 0. The summed E-state index contributed by atoms with van der Waals surface area (Å²) in [7, 11) is 0. The fourth-order valence-electron chi connectivity index (χ4n) is 1.06. The van der Waals surface area contributed by atoms with Crippen molar-refractivity contribution in [2.45, 2.75) is 35.9 Å². The quantitative estimate of drug-likeness (QED) is 0.477. The molecule has 0 saturated heterocycles. The Morgan fingerprint density at radius 3 is 2.42 bits per heavy atom. The topological polar surface area (TPSA) is 35.4 Å². The third kappa shape index (κ3) is 6.35. The Kier molecular flexibility index (Phi) is 5.34. The van der Waals surface area contributed by atoms with Crippen LogP contribution in [0.1, 0.15) is 26.3 Å². The summed E-state index contributed by atoms with van der Waals surface area (Å²) in [5.41, 5.74) is -3.82. The SMILES string of the molecule is CC(C)(C)[S@+]([O-])/N=C/c1cccc(SC(F)(F)F)c1. The Morgan fingerprint density at radius 2 is 1.89 bits per heavy atom. The van der Waals surface area contributed by atoms with Crippen LogP contribution in [0, 0.1) is 0 Å². The van der Waals surface area contributed by atoms with E-state index in [1.54, 1.807) is 26.8 Å². The molecule has 0 unspecified atom stereocenters. The fourth-order valence-corrected chi connectivity index (χ4v) is 2.20. The van der Waals surface area contributed by atoms with Crippen molar-refractivity contribution >= 4 is 29.3 Å². The molecule has 2 nitrogen and oxygen atoms in total. The number of thioether (sulfide) groups is 1. The monoisotopic (exact) mass is 309 g/mol. The lowest BCUT2D eigenvalue weighted by atomic mass is 10.2. The molecule has 19 heavy (non-hydrogen) atoms. The largest absolute Gasteiger partial charge is 0.591 e. The minimum absolute atomic E-state index is 0.0815. The van der Waals surface area contributed by atoms with Gasteiger partial charge in [-0.1, -0.05) is 16.5 Å². The molecule has 7 heteroatoms. The third-order valence-electron chi connectivity index (χ3n) is 1.91. The van der Waals surface area contributed by atoms with Crippen molar-refractivity contribution in [2.24, 2.45) is 4.40 Å². The molecule has 0 radical (unpaired) electrons. The molecule has 0 N–H and O–H groups in total. The first-order chi connectivity index (χ1) is 8.58. The van der Waals surface area contributed by atoms with E-state index in [0.29, 0.717) is 5.56 Å². The van der Waals surface area contributed by atoms with Gasteiger partial charge in [-0.05, 0) is 50.2 Å². The minimum atomic E-state index is -4.32. The van der Waals surface area contributed by atoms with E-state index in [2.05, 4.69) is 4.40 Å². The molecular formula is C12H14F3NOS2. The van der Waals surface area contributed by atoms with E-state index in [4.69, 9.17) is 0 Å². The van der Waals surface area contributed by atoms with E-state index >= 15 is 0 Å². The van der Waals surface area contributed by atoms with Crippen molar-refractivity contribution in [2.75, 3.05) is 0 Å². The normalized spacial score (nSPS) is 14.9. The van der Waals surface area contributed by atoms with Crippen molar-refractivity contribution in [3.63, 3.8) is 0 Å². The van der Waals surface area contributed by atoms with Gasteiger partial charge in [-0.25, -0.2) is 0 Å². The first-order valence-corrected chi connectivity index (χ1v) is 7.32. The predicted molar refractivity (Wildman–Crippen MR) is 73.8 cm³/mol. The standard InChI is InChI=1S/C12H14F3NOS2/c1-11(2,3)19(17)16-8-9-5-4-6-10(7-9)18-12(13,14)15/h4-8H,1-3H3/b16-8+/t19-/m0/s1. The maximum atomic E-state index is 12.2. The molecule has 0 bridgehead atoms.